The average Bonchev–Trinajstić information content (AvgIpc) is 2.69. The van der Waals surface area contributed by atoms with Gasteiger partial charge < -0.3 is 14.3 Å². The molecule has 26 heavy (non-hydrogen) atoms. The van der Waals surface area contributed by atoms with Crippen LogP contribution in [0.15, 0.2) is 30.3 Å². The molecule has 4 heteroatoms. The monoisotopic (exact) mass is 378 g/mol. The predicted octanol–water partition coefficient (Wildman–Crippen LogP) is 5.04. The minimum atomic E-state index is -1.68. The van der Waals surface area contributed by atoms with E-state index >= 15 is 0 Å². The van der Waals surface area contributed by atoms with Gasteiger partial charge in [-0.05, 0) is 36.5 Å². The topological polar surface area (TPSA) is 38.7 Å². The van der Waals surface area contributed by atoms with Crippen LogP contribution in [0.5, 0.6) is 0 Å². The molecule has 1 N–H and O–H groups in total. The van der Waals surface area contributed by atoms with Crippen molar-refractivity contribution in [1.82, 2.24) is 0 Å². The molecular weight excluding hydrogens is 340 g/mol. The maximum atomic E-state index is 9.87. The van der Waals surface area contributed by atoms with E-state index in [0.29, 0.717) is 5.92 Å². The van der Waals surface area contributed by atoms with Crippen LogP contribution in [-0.4, -0.2) is 38.3 Å². The molecular formula is C22H38O3Si. The highest BCUT2D eigenvalue weighted by Crippen LogP contribution is 2.37. The van der Waals surface area contributed by atoms with E-state index in [1.807, 2.05) is 0 Å². The van der Waals surface area contributed by atoms with Gasteiger partial charge in [0, 0.05) is 11.8 Å². The molecule has 0 bridgehead atoms. The molecule has 1 aliphatic rings. The summed E-state index contributed by atoms with van der Waals surface area (Å²) in [7, 11) is -1.68. The van der Waals surface area contributed by atoms with Gasteiger partial charge in [0.05, 0.1) is 24.9 Å². The highest BCUT2D eigenvalue weighted by molar-refractivity contribution is 6.73. The van der Waals surface area contributed by atoms with Crippen molar-refractivity contribution in [3.05, 3.63) is 35.9 Å². The molecule has 0 saturated carbocycles. The Hall–Kier alpha value is -0.683. The van der Waals surface area contributed by atoms with Crippen LogP contribution in [0.1, 0.15) is 46.6 Å². The van der Waals surface area contributed by atoms with Gasteiger partial charge >= 0.3 is 0 Å². The van der Waals surface area contributed by atoms with E-state index in [9.17, 15) is 5.11 Å². The molecule has 1 aliphatic heterocycles. The fourth-order valence-electron chi connectivity index (χ4n) is 4.37. The lowest BCUT2D eigenvalue weighted by Crippen LogP contribution is -2.55. The summed E-state index contributed by atoms with van der Waals surface area (Å²) in [4.78, 5) is 0. The van der Waals surface area contributed by atoms with E-state index in [-0.39, 0.29) is 30.8 Å². The van der Waals surface area contributed by atoms with E-state index in [4.69, 9.17) is 9.16 Å². The lowest BCUT2D eigenvalue weighted by Gasteiger charge is -2.48. The third-order valence-corrected chi connectivity index (χ3v) is 11.3. The lowest BCUT2D eigenvalue weighted by atomic mass is 9.81. The van der Waals surface area contributed by atoms with Gasteiger partial charge in [-0.3, -0.25) is 0 Å². The van der Waals surface area contributed by atoms with Gasteiger partial charge in [0.1, 0.15) is 0 Å². The van der Waals surface area contributed by atoms with Crippen LogP contribution < -0.4 is 0 Å². The van der Waals surface area contributed by atoms with Crippen molar-refractivity contribution in [1.29, 1.82) is 0 Å². The molecule has 2 rings (SSSR count). The Balaban J connectivity index is 2.12. The summed E-state index contributed by atoms with van der Waals surface area (Å²) in [5.41, 5.74) is 1.35. The second kappa shape index (κ2) is 10.0. The van der Waals surface area contributed by atoms with Gasteiger partial charge in [-0.25, -0.2) is 0 Å². The van der Waals surface area contributed by atoms with Crippen LogP contribution in [-0.2, 0) is 15.6 Å². The first kappa shape index (κ1) is 21.6. The molecule has 1 aromatic carbocycles. The summed E-state index contributed by atoms with van der Waals surface area (Å²) in [5, 5.41) is 9.87. The molecule has 1 fully saturated rings. The second-order valence-electron chi connectivity index (χ2n) is 7.96. The van der Waals surface area contributed by atoms with Gasteiger partial charge in [0.2, 0.25) is 0 Å². The minimum absolute atomic E-state index is 0.0779. The zero-order valence-corrected chi connectivity index (χ0v) is 18.3. The molecule has 1 aromatic rings. The largest absolute Gasteiger partial charge is 0.413 e. The quantitative estimate of drug-likeness (QED) is 0.612. The third-order valence-electron chi connectivity index (χ3n) is 6.62. The van der Waals surface area contributed by atoms with Crippen LogP contribution in [0, 0.1) is 11.8 Å². The number of aryl methyl sites for hydroxylation is 1. The van der Waals surface area contributed by atoms with Gasteiger partial charge in [-0.1, -0.05) is 65.0 Å². The Morgan fingerprint density at radius 3 is 2.08 bits per heavy atom. The zero-order chi connectivity index (χ0) is 19.2. The number of hydrogen-bond donors (Lipinski definition) is 1. The molecule has 3 nitrogen and oxygen atoms in total. The maximum absolute atomic E-state index is 9.87. The van der Waals surface area contributed by atoms with Crippen LogP contribution in [0.25, 0.3) is 0 Å². The Morgan fingerprint density at radius 2 is 1.54 bits per heavy atom. The minimum Gasteiger partial charge on any atom is -0.413 e. The number of hydrogen-bond acceptors (Lipinski definition) is 3. The highest BCUT2D eigenvalue weighted by atomic mass is 28.4. The van der Waals surface area contributed by atoms with Crippen molar-refractivity contribution in [3.63, 3.8) is 0 Å². The van der Waals surface area contributed by atoms with Crippen molar-refractivity contribution in [2.24, 2.45) is 11.8 Å². The molecule has 1 saturated heterocycles. The number of aliphatic hydroxyl groups excluding tert-OH is 1. The molecule has 0 radical (unpaired) electrons. The van der Waals surface area contributed by atoms with Crippen molar-refractivity contribution < 1.29 is 14.3 Å². The maximum Gasteiger partial charge on any atom is 0.192 e. The molecule has 1 heterocycles. The first-order valence-corrected chi connectivity index (χ1v) is 13.0. The van der Waals surface area contributed by atoms with E-state index in [1.165, 1.54) is 5.56 Å². The van der Waals surface area contributed by atoms with Gasteiger partial charge in [-0.2, -0.15) is 0 Å². The Morgan fingerprint density at radius 1 is 0.962 bits per heavy atom. The Labute approximate surface area is 161 Å². The molecule has 0 amide bonds. The second-order valence-corrected chi connectivity index (χ2v) is 12.7. The van der Waals surface area contributed by atoms with Crippen molar-refractivity contribution in [2.75, 3.05) is 6.61 Å². The molecule has 148 valence electrons. The molecule has 0 aliphatic carbocycles. The number of ether oxygens (including phenoxy) is 1. The SMILES string of the molecule is CC[Si](CC)(CC)O[C@H]1[C@@H](C)[C@@H](CO)O[C@@H](CCc2ccccc2)[C@H]1C. The molecule has 5 atom stereocenters. The van der Waals surface area contributed by atoms with E-state index in [0.717, 1.165) is 31.0 Å². The summed E-state index contributed by atoms with van der Waals surface area (Å²) in [5.74, 6) is 0.590. The standard InChI is InChI=1S/C22H38O3Si/c1-6-26(7-2,8-3)25-22-17(4)20(24-21(16-23)18(22)5)15-14-19-12-10-9-11-13-19/h9-13,17-18,20-23H,6-8,14-16H2,1-5H3/t17-,18+,20+,21-,22-/m1/s1. The van der Waals surface area contributed by atoms with E-state index in [1.54, 1.807) is 0 Å². The first-order chi connectivity index (χ1) is 12.5. The Bertz CT molecular complexity index is 509. The van der Waals surface area contributed by atoms with Gasteiger partial charge in [-0.15, -0.1) is 0 Å². The van der Waals surface area contributed by atoms with Crippen LogP contribution in [0.4, 0.5) is 0 Å². The van der Waals surface area contributed by atoms with Crippen LogP contribution in [0.3, 0.4) is 0 Å². The van der Waals surface area contributed by atoms with Crippen LogP contribution in [0.2, 0.25) is 18.1 Å². The van der Waals surface area contributed by atoms with Crippen molar-refractivity contribution in [2.45, 2.75) is 83.9 Å². The van der Waals surface area contributed by atoms with E-state index in [2.05, 4.69) is 65.0 Å². The van der Waals surface area contributed by atoms with Gasteiger partial charge in [0.25, 0.3) is 0 Å². The van der Waals surface area contributed by atoms with Crippen molar-refractivity contribution in [3.8, 4) is 0 Å². The summed E-state index contributed by atoms with van der Waals surface area (Å²) in [6.45, 7) is 11.4. The fraction of sp³-hybridized carbons (Fsp3) is 0.727. The summed E-state index contributed by atoms with van der Waals surface area (Å²) in [6, 6.07) is 14.1. The molecule has 0 aromatic heterocycles. The lowest BCUT2D eigenvalue weighted by molar-refractivity contribution is -0.171. The average molecular weight is 379 g/mol. The first-order valence-electron chi connectivity index (χ1n) is 10.5. The Kier molecular flexibility index (Phi) is 8.33. The third kappa shape index (κ3) is 4.97. The highest BCUT2D eigenvalue weighted by Gasteiger charge is 2.45. The number of rotatable bonds is 9. The normalized spacial score (nSPS) is 29.7. The number of benzene rings is 1. The van der Waals surface area contributed by atoms with E-state index < -0.39 is 8.32 Å². The van der Waals surface area contributed by atoms with Gasteiger partial charge in [0.15, 0.2) is 8.32 Å². The summed E-state index contributed by atoms with van der Waals surface area (Å²) >= 11 is 0. The molecule has 0 spiro atoms. The zero-order valence-electron chi connectivity index (χ0n) is 17.3. The molecule has 0 unspecified atom stereocenters. The van der Waals surface area contributed by atoms with Crippen molar-refractivity contribution >= 4 is 8.32 Å². The predicted molar refractivity (Wildman–Crippen MR) is 111 cm³/mol. The summed E-state index contributed by atoms with van der Waals surface area (Å²) in [6.07, 6.45) is 2.20. The van der Waals surface area contributed by atoms with Crippen LogP contribution >= 0.6 is 0 Å². The fourth-order valence-corrected chi connectivity index (χ4v) is 7.38. The summed E-state index contributed by atoms with van der Waals surface area (Å²) < 4.78 is 13.2. The number of aliphatic hydroxyl groups is 1. The smallest absolute Gasteiger partial charge is 0.192 e.